The van der Waals surface area contributed by atoms with Crippen molar-refractivity contribution < 1.29 is 9.53 Å². The summed E-state index contributed by atoms with van der Waals surface area (Å²) in [5, 5.41) is 0. The molecule has 1 atom stereocenters. The fourth-order valence-corrected chi connectivity index (χ4v) is 2.31. The van der Waals surface area contributed by atoms with Gasteiger partial charge >= 0.3 is 0 Å². The van der Waals surface area contributed by atoms with Crippen LogP contribution >= 0.6 is 0 Å². The van der Waals surface area contributed by atoms with Crippen LogP contribution in [0, 0.1) is 0 Å². The number of hydrogen-bond acceptors (Lipinski definition) is 4. The van der Waals surface area contributed by atoms with Crippen molar-refractivity contribution in [2.24, 2.45) is 5.73 Å². The molecule has 1 fully saturated rings. The number of carbonyl (C=O) groups excluding carboxylic acids is 1. The molecule has 1 unspecified atom stereocenters. The number of carbonyl (C=O) groups is 1. The average Bonchev–Trinajstić information content (AvgIpc) is 2.42. The minimum atomic E-state index is 0.120. The summed E-state index contributed by atoms with van der Waals surface area (Å²) in [4.78, 5) is 16.3. The van der Waals surface area contributed by atoms with Crippen LogP contribution in [0.2, 0.25) is 0 Å². The SMILES string of the molecule is COCCN(C)C(CN)CC(=O)N1CCCCC1. The predicted molar refractivity (Wildman–Crippen MR) is 72.4 cm³/mol. The van der Waals surface area contributed by atoms with Gasteiger partial charge in [0.15, 0.2) is 0 Å². The lowest BCUT2D eigenvalue weighted by Gasteiger charge is -2.31. The highest BCUT2D eigenvalue weighted by Gasteiger charge is 2.22. The summed E-state index contributed by atoms with van der Waals surface area (Å²) < 4.78 is 5.05. The molecule has 106 valence electrons. The van der Waals surface area contributed by atoms with Gasteiger partial charge < -0.3 is 15.4 Å². The molecule has 1 aliphatic heterocycles. The van der Waals surface area contributed by atoms with Crippen LogP contribution in [-0.2, 0) is 9.53 Å². The number of nitrogens with two attached hydrogens (primary N) is 1. The number of piperidine rings is 1. The van der Waals surface area contributed by atoms with Gasteiger partial charge in [-0.1, -0.05) is 0 Å². The maximum atomic E-state index is 12.2. The molecule has 1 rings (SSSR count). The van der Waals surface area contributed by atoms with Crippen molar-refractivity contribution >= 4 is 5.91 Å². The molecule has 0 aromatic heterocycles. The Morgan fingerprint density at radius 1 is 1.39 bits per heavy atom. The lowest BCUT2D eigenvalue weighted by Crippen LogP contribution is -2.45. The molecular weight excluding hydrogens is 230 g/mol. The second kappa shape index (κ2) is 8.45. The first kappa shape index (κ1) is 15.4. The number of likely N-dealkylation sites (tertiary alicyclic amines) is 1. The van der Waals surface area contributed by atoms with Crippen LogP contribution in [0.5, 0.6) is 0 Å². The second-order valence-electron chi connectivity index (χ2n) is 5.01. The molecule has 18 heavy (non-hydrogen) atoms. The molecule has 5 nitrogen and oxygen atoms in total. The Morgan fingerprint density at radius 3 is 2.61 bits per heavy atom. The van der Waals surface area contributed by atoms with Crippen LogP contribution in [0.1, 0.15) is 25.7 Å². The fraction of sp³-hybridized carbons (Fsp3) is 0.923. The molecule has 1 saturated heterocycles. The number of nitrogens with zero attached hydrogens (tertiary/aromatic N) is 2. The maximum absolute atomic E-state index is 12.2. The van der Waals surface area contributed by atoms with Gasteiger partial charge in [-0.2, -0.15) is 0 Å². The molecule has 2 N–H and O–H groups in total. The van der Waals surface area contributed by atoms with E-state index in [9.17, 15) is 4.79 Å². The van der Waals surface area contributed by atoms with E-state index in [0.29, 0.717) is 19.6 Å². The van der Waals surface area contributed by atoms with Gasteiger partial charge in [0.1, 0.15) is 0 Å². The lowest BCUT2D eigenvalue weighted by atomic mass is 10.1. The summed E-state index contributed by atoms with van der Waals surface area (Å²) in [5.41, 5.74) is 5.77. The molecule has 0 aromatic carbocycles. The van der Waals surface area contributed by atoms with Gasteiger partial charge in [-0.25, -0.2) is 0 Å². The van der Waals surface area contributed by atoms with Gasteiger partial charge in [0, 0.05) is 45.8 Å². The molecule has 1 heterocycles. The third-order valence-corrected chi connectivity index (χ3v) is 3.66. The summed E-state index contributed by atoms with van der Waals surface area (Å²) in [5.74, 6) is 0.245. The van der Waals surface area contributed by atoms with Crippen molar-refractivity contribution in [2.45, 2.75) is 31.7 Å². The maximum Gasteiger partial charge on any atom is 0.224 e. The van der Waals surface area contributed by atoms with Gasteiger partial charge in [0.2, 0.25) is 5.91 Å². The van der Waals surface area contributed by atoms with E-state index in [1.807, 2.05) is 11.9 Å². The van der Waals surface area contributed by atoms with E-state index in [1.165, 1.54) is 6.42 Å². The lowest BCUT2D eigenvalue weighted by molar-refractivity contribution is -0.133. The first-order valence-corrected chi connectivity index (χ1v) is 6.86. The van der Waals surface area contributed by atoms with Crippen LogP contribution < -0.4 is 5.73 Å². The molecule has 0 saturated carbocycles. The number of amides is 1. The normalized spacial score (nSPS) is 18.1. The number of methoxy groups -OCH3 is 1. The highest BCUT2D eigenvalue weighted by Crippen LogP contribution is 2.12. The zero-order valence-corrected chi connectivity index (χ0v) is 11.7. The van der Waals surface area contributed by atoms with E-state index >= 15 is 0 Å². The molecule has 0 radical (unpaired) electrons. The van der Waals surface area contributed by atoms with Crippen molar-refractivity contribution in [1.29, 1.82) is 0 Å². The van der Waals surface area contributed by atoms with Crippen molar-refractivity contribution in [1.82, 2.24) is 9.80 Å². The Balaban J connectivity index is 2.38. The van der Waals surface area contributed by atoms with Crippen LogP contribution in [0.3, 0.4) is 0 Å². The summed E-state index contributed by atoms with van der Waals surface area (Å²) >= 11 is 0. The average molecular weight is 257 g/mol. The third kappa shape index (κ3) is 4.92. The quantitative estimate of drug-likeness (QED) is 0.712. The topological polar surface area (TPSA) is 58.8 Å². The Bertz CT molecular complexity index is 242. The molecule has 1 amide bonds. The smallest absolute Gasteiger partial charge is 0.224 e. The molecule has 0 aliphatic carbocycles. The van der Waals surface area contributed by atoms with Crippen LogP contribution in [0.25, 0.3) is 0 Å². The van der Waals surface area contributed by atoms with Crippen LogP contribution in [-0.4, -0.2) is 68.7 Å². The summed E-state index contributed by atoms with van der Waals surface area (Å²) in [6.07, 6.45) is 4.05. The van der Waals surface area contributed by atoms with E-state index in [-0.39, 0.29) is 11.9 Å². The van der Waals surface area contributed by atoms with Crippen LogP contribution in [0.15, 0.2) is 0 Å². The number of rotatable bonds is 7. The Hall–Kier alpha value is -0.650. The summed E-state index contributed by atoms with van der Waals surface area (Å²) in [6, 6.07) is 0.120. The van der Waals surface area contributed by atoms with E-state index in [2.05, 4.69) is 4.90 Å². The minimum absolute atomic E-state index is 0.120. The highest BCUT2D eigenvalue weighted by atomic mass is 16.5. The summed E-state index contributed by atoms with van der Waals surface area (Å²) in [7, 11) is 3.68. The van der Waals surface area contributed by atoms with E-state index < -0.39 is 0 Å². The zero-order chi connectivity index (χ0) is 13.4. The van der Waals surface area contributed by atoms with Gasteiger partial charge in [-0.3, -0.25) is 9.69 Å². The van der Waals surface area contributed by atoms with Gasteiger partial charge in [-0.15, -0.1) is 0 Å². The second-order valence-corrected chi connectivity index (χ2v) is 5.01. The molecule has 0 aromatic rings. The fourth-order valence-electron chi connectivity index (χ4n) is 2.31. The Labute approximate surface area is 110 Å². The van der Waals surface area contributed by atoms with Gasteiger partial charge in [-0.05, 0) is 26.3 Å². The minimum Gasteiger partial charge on any atom is -0.383 e. The Kier molecular flexibility index (Phi) is 7.23. The first-order chi connectivity index (χ1) is 8.69. The van der Waals surface area contributed by atoms with Gasteiger partial charge in [0.25, 0.3) is 0 Å². The number of ether oxygens (including phenoxy) is 1. The third-order valence-electron chi connectivity index (χ3n) is 3.66. The van der Waals surface area contributed by atoms with Crippen molar-refractivity contribution in [3.05, 3.63) is 0 Å². The molecular formula is C13H27N3O2. The van der Waals surface area contributed by atoms with Crippen molar-refractivity contribution in [2.75, 3.05) is 46.9 Å². The summed E-state index contributed by atoms with van der Waals surface area (Å²) in [6.45, 7) is 3.83. The standard InChI is InChI=1S/C13H27N3O2/c1-15(8-9-18-2)12(11-14)10-13(17)16-6-4-3-5-7-16/h12H,3-11,14H2,1-2H3. The van der Waals surface area contributed by atoms with Crippen molar-refractivity contribution in [3.63, 3.8) is 0 Å². The Morgan fingerprint density at radius 2 is 2.06 bits per heavy atom. The van der Waals surface area contributed by atoms with E-state index in [1.54, 1.807) is 7.11 Å². The first-order valence-electron chi connectivity index (χ1n) is 6.86. The molecule has 0 spiro atoms. The highest BCUT2D eigenvalue weighted by molar-refractivity contribution is 5.76. The van der Waals surface area contributed by atoms with Crippen molar-refractivity contribution in [3.8, 4) is 0 Å². The van der Waals surface area contributed by atoms with Crippen LogP contribution in [0.4, 0.5) is 0 Å². The number of hydrogen-bond donors (Lipinski definition) is 1. The monoisotopic (exact) mass is 257 g/mol. The van der Waals surface area contributed by atoms with Gasteiger partial charge in [0.05, 0.1) is 6.61 Å². The predicted octanol–water partition coefficient (Wildman–Crippen LogP) is 0.295. The molecule has 5 heteroatoms. The largest absolute Gasteiger partial charge is 0.383 e. The van der Waals surface area contributed by atoms with E-state index in [0.717, 1.165) is 32.5 Å². The molecule has 0 bridgehead atoms. The van der Waals surface area contributed by atoms with E-state index in [4.69, 9.17) is 10.5 Å². The number of likely N-dealkylation sites (N-methyl/N-ethyl adjacent to an activating group) is 1. The molecule has 1 aliphatic rings. The zero-order valence-electron chi connectivity index (χ0n) is 11.7.